The van der Waals surface area contributed by atoms with E-state index < -0.39 is 0 Å². The van der Waals surface area contributed by atoms with E-state index in [9.17, 15) is 5.26 Å². The molecule has 0 atom stereocenters. The number of nitriles is 1. The number of benzene rings is 5. The van der Waals surface area contributed by atoms with Gasteiger partial charge in [0.15, 0.2) is 0 Å². The third kappa shape index (κ3) is 2.34. The number of hydrogen-bond acceptors (Lipinski definition) is 1. The fraction of sp³-hybridized carbons (Fsp3) is 0.0938. The lowest BCUT2D eigenvalue weighted by atomic mass is 9.68. The first-order chi connectivity index (χ1) is 16.6. The smallest absolute Gasteiger partial charge is 0.0991 e. The molecule has 5 aromatic carbocycles. The Labute approximate surface area is 198 Å². The van der Waals surface area contributed by atoms with Crippen LogP contribution in [0.1, 0.15) is 30.5 Å². The van der Waals surface area contributed by atoms with Gasteiger partial charge in [-0.2, -0.15) is 5.26 Å². The van der Waals surface area contributed by atoms with Crippen molar-refractivity contribution in [2.75, 3.05) is 0 Å². The first kappa shape index (κ1) is 19.1. The van der Waals surface area contributed by atoms with Crippen molar-refractivity contribution in [2.45, 2.75) is 19.3 Å². The molecule has 6 aromatic rings. The topological polar surface area (TPSA) is 28.7 Å². The van der Waals surface area contributed by atoms with Gasteiger partial charge in [-0.15, -0.1) is 0 Å². The highest BCUT2D eigenvalue weighted by molar-refractivity contribution is 6.22. The molecule has 0 saturated heterocycles. The van der Waals surface area contributed by atoms with E-state index in [1.165, 1.54) is 54.8 Å². The van der Waals surface area contributed by atoms with Crippen molar-refractivity contribution in [3.63, 3.8) is 0 Å². The fourth-order valence-electron chi connectivity index (χ4n) is 6.03. The summed E-state index contributed by atoms with van der Waals surface area (Å²) in [7, 11) is 0. The van der Waals surface area contributed by atoms with Crippen LogP contribution in [0, 0.1) is 11.3 Å². The summed E-state index contributed by atoms with van der Waals surface area (Å²) >= 11 is 0. The summed E-state index contributed by atoms with van der Waals surface area (Å²) in [6, 6.07) is 36.8. The Morgan fingerprint density at radius 3 is 2.29 bits per heavy atom. The average molecular weight is 435 g/mol. The average Bonchev–Trinajstić information content (AvgIpc) is 3.20. The Morgan fingerprint density at radius 2 is 1.47 bits per heavy atom. The van der Waals surface area contributed by atoms with E-state index in [0.717, 1.165) is 5.69 Å². The Kier molecular flexibility index (Phi) is 3.71. The van der Waals surface area contributed by atoms with Crippen LogP contribution in [-0.4, -0.2) is 4.57 Å². The standard InChI is InChI=1S/C32H22N2/c1-32(2)26-11-5-3-10-24(26)30-29-21(8-7-12-27(29)32)18-25-23-9-4-6-13-28(23)34(31(25)30)22-16-14-20(19-33)15-17-22/h3-18H,1-2H3. The molecule has 0 spiro atoms. The normalized spacial score (nSPS) is 13.8. The zero-order chi connectivity index (χ0) is 23.0. The van der Waals surface area contributed by atoms with E-state index in [-0.39, 0.29) is 5.41 Å². The van der Waals surface area contributed by atoms with Gasteiger partial charge in [0.05, 0.1) is 22.7 Å². The van der Waals surface area contributed by atoms with Crippen LogP contribution in [0.25, 0.3) is 49.4 Å². The quantitative estimate of drug-likeness (QED) is 0.257. The third-order valence-corrected chi connectivity index (χ3v) is 7.59. The molecule has 1 aromatic heterocycles. The Morgan fingerprint density at radius 1 is 0.735 bits per heavy atom. The van der Waals surface area contributed by atoms with Crippen LogP contribution >= 0.6 is 0 Å². The number of aromatic nitrogens is 1. The first-order valence-electron chi connectivity index (χ1n) is 11.7. The molecule has 0 unspecified atom stereocenters. The van der Waals surface area contributed by atoms with Crippen molar-refractivity contribution >= 4 is 32.6 Å². The highest BCUT2D eigenvalue weighted by Gasteiger charge is 2.35. The molecule has 0 bridgehead atoms. The summed E-state index contributed by atoms with van der Waals surface area (Å²) in [5.74, 6) is 0. The molecule has 160 valence electrons. The molecule has 1 aliphatic carbocycles. The van der Waals surface area contributed by atoms with E-state index >= 15 is 0 Å². The van der Waals surface area contributed by atoms with E-state index in [4.69, 9.17) is 0 Å². The molecule has 0 fully saturated rings. The highest BCUT2D eigenvalue weighted by Crippen LogP contribution is 2.52. The van der Waals surface area contributed by atoms with Crippen LogP contribution in [0.15, 0.2) is 97.1 Å². The predicted molar refractivity (Wildman–Crippen MR) is 141 cm³/mol. The van der Waals surface area contributed by atoms with Gasteiger partial charge in [0.1, 0.15) is 0 Å². The maximum Gasteiger partial charge on any atom is 0.0991 e. The minimum Gasteiger partial charge on any atom is -0.309 e. The van der Waals surface area contributed by atoms with Gasteiger partial charge >= 0.3 is 0 Å². The van der Waals surface area contributed by atoms with E-state index in [1.807, 2.05) is 12.1 Å². The second-order valence-corrected chi connectivity index (χ2v) is 9.73. The molecule has 34 heavy (non-hydrogen) atoms. The SMILES string of the molecule is CC1(C)c2ccccc2-c2c3c1cccc3cc1c3ccccc3n(-c3ccc(C#N)cc3)c21. The maximum absolute atomic E-state index is 9.34. The summed E-state index contributed by atoms with van der Waals surface area (Å²) < 4.78 is 2.38. The molecule has 2 heteroatoms. The minimum atomic E-state index is -0.0813. The third-order valence-electron chi connectivity index (χ3n) is 7.59. The van der Waals surface area contributed by atoms with Gasteiger partial charge in [0.25, 0.3) is 0 Å². The number of para-hydroxylation sites is 1. The molecular formula is C32H22N2. The lowest BCUT2D eigenvalue weighted by Crippen LogP contribution is -2.23. The van der Waals surface area contributed by atoms with Gasteiger partial charge in [-0.3, -0.25) is 0 Å². The Bertz CT molecular complexity index is 1830. The fourth-order valence-corrected chi connectivity index (χ4v) is 6.03. The van der Waals surface area contributed by atoms with Crippen LogP contribution in [0.4, 0.5) is 0 Å². The lowest BCUT2D eigenvalue weighted by molar-refractivity contribution is 0.645. The number of nitrogens with zero attached hydrogens (tertiary/aromatic N) is 2. The Balaban J connectivity index is 1.77. The predicted octanol–water partition coefficient (Wildman–Crippen LogP) is 8.11. The Hall–Kier alpha value is -4.35. The number of rotatable bonds is 1. The van der Waals surface area contributed by atoms with Crippen molar-refractivity contribution in [1.29, 1.82) is 5.26 Å². The molecular weight excluding hydrogens is 412 g/mol. The second-order valence-electron chi connectivity index (χ2n) is 9.73. The van der Waals surface area contributed by atoms with Crippen molar-refractivity contribution < 1.29 is 0 Å². The highest BCUT2D eigenvalue weighted by atomic mass is 15.0. The van der Waals surface area contributed by atoms with E-state index in [2.05, 4.69) is 109 Å². The van der Waals surface area contributed by atoms with E-state index in [0.29, 0.717) is 5.56 Å². The molecule has 7 rings (SSSR count). The molecule has 0 saturated carbocycles. The van der Waals surface area contributed by atoms with Crippen molar-refractivity contribution in [2.24, 2.45) is 0 Å². The van der Waals surface area contributed by atoms with Crippen LogP contribution in [0.3, 0.4) is 0 Å². The van der Waals surface area contributed by atoms with Gasteiger partial charge < -0.3 is 4.57 Å². The summed E-state index contributed by atoms with van der Waals surface area (Å²) in [6.45, 7) is 4.67. The monoisotopic (exact) mass is 434 g/mol. The molecule has 1 aliphatic rings. The number of hydrogen-bond donors (Lipinski definition) is 0. The molecule has 1 heterocycles. The molecule has 0 aliphatic heterocycles. The summed E-state index contributed by atoms with van der Waals surface area (Å²) in [6.07, 6.45) is 0. The zero-order valence-corrected chi connectivity index (χ0v) is 19.1. The summed E-state index contributed by atoms with van der Waals surface area (Å²) in [5, 5.41) is 14.5. The van der Waals surface area contributed by atoms with Crippen LogP contribution in [0.2, 0.25) is 0 Å². The van der Waals surface area contributed by atoms with Crippen molar-refractivity contribution in [1.82, 2.24) is 4.57 Å². The zero-order valence-electron chi connectivity index (χ0n) is 19.1. The van der Waals surface area contributed by atoms with Crippen molar-refractivity contribution in [3.05, 3.63) is 114 Å². The molecule has 0 radical (unpaired) electrons. The molecule has 0 N–H and O–H groups in total. The first-order valence-corrected chi connectivity index (χ1v) is 11.7. The van der Waals surface area contributed by atoms with Gasteiger partial charge in [0.2, 0.25) is 0 Å². The van der Waals surface area contributed by atoms with Gasteiger partial charge in [-0.05, 0) is 63.9 Å². The maximum atomic E-state index is 9.34. The van der Waals surface area contributed by atoms with Crippen LogP contribution in [0.5, 0.6) is 0 Å². The van der Waals surface area contributed by atoms with Gasteiger partial charge in [-0.25, -0.2) is 0 Å². The van der Waals surface area contributed by atoms with Gasteiger partial charge in [-0.1, -0.05) is 74.5 Å². The summed E-state index contributed by atoms with van der Waals surface area (Å²) in [5.41, 5.74) is 9.41. The minimum absolute atomic E-state index is 0.0813. The van der Waals surface area contributed by atoms with Crippen molar-refractivity contribution in [3.8, 4) is 22.9 Å². The van der Waals surface area contributed by atoms with Crippen LogP contribution in [-0.2, 0) is 5.41 Å². The lowest BCUT2D eigenvalue weighted by Gasteiger charge is -2.35. The molecule has 0 amide bonds. The second kappa shape index (κ2) is 6.59. The largest absolute Gasteiger partial charge is 0.309 e. The summed E-state index contributed by atoms with van der Waals surface area (Å²) in [4.78, 5) is 0. The van der Waals surface area contributed by atoms with E-state index in [1.54, 1.807) is 0 Å². The number of fused-ring (bicyclic) bond motifs is 6. The molecule has 2 nitrogen and oxygen atoms in total. The van der Waals surface area contributed by atoms with Gasteiger partial charge in [0, 0.05) is 27.4 Å². The van der Waals surface area contributed by atoms with Crippen LogP contribution < -0.4 is 0 Å².